The molecule has 134 valence electrons. The number of aryl methyl sites for hydroxylation is 2. The average Bonchev–Trinajstić information content (AvgIpc) is 2.94. The highest BCUT2D eigenvalue weighted by atomic mass is 16.2. The van der Waals surface area contributed by atoms with E-state index >= 15 is 0 Å². The van der Waals surface area contributed by atoms with Crippen molar-refractivity contribution in [2.75, 3.05) is 13.1 Å². The van der Waals surface area contributed by atoms with Crippen molar-refractivity contribution in [2.24, 2.45) is 5.41 Å². The molecule has 25 heavy (non-hydrogen) atoms. The lowest BCUT2D eigenvalue weighted by atomic mass is 9.79. The minimum absolute atomic E-state index is 0.138. The van der Waals surface area contributed by atoms with Crippen LogP contribution >= 0.6 is 0 Å². The molecule has 1 aliphatic heterocycles. The van der Waals surface area contributed by atoms with E-state index in [1.807, 2.05) is 19.9 Å². The number of piperidine rings is 1. The first kappa shape index (κ1) is 17.7. The number of carbonyl (C=O) groups is 1. The summed E-state index contributed by atoms with van der Waals surface area (Å²) >= 11 is 0. The Labute approximate surface area is 149 Å². The first-order valence-electron chi connectivity index (χ1n) is 9.03. The molecule has 5 heteroatoms. The molecular formula is C20H28N4O. The van der Waals surface area contributed by atoms with E-state index in [2.05, 4.69) is 51.4 Å². The van der Waals surface area contributed by atoms with Crippen molar-refractivity contribution in [1.29, 1.82) is 0 Å². The number of hydrogen-bond acceptors (Lipinski definition) is 3. The van der Waals surface area contributed by atoms with Crippen molar-refractivity contribution in [3.8, 4) is 0 Å². The number of benzene rings is 1. The molecule has 0 unspecified atom stereocenters. The molecule has 1 aromatic heterocycles. The Hall–Kier alpha value is -2.14. The number of aromatic amines is 1. The molecule has 1 amide bonds. The van der Waals surface area contributed by atoms with Gasteiger partial charge in [0.15, 0.2) is 0 Å². The van der Waals surface area contributed by atoms with Crippen LogP contribution in [0.25, 0.3) is 0 Å². The van der Waals surface area contributed by atoms with Crippen LogP contribution in [0.2, 0.25) is 0 Å². The molecule has 1 saturated heterocycles. The Morgan fingerprint density at radius 3 is 2.52 bits per heavy atom. The summed E-state index contributed by atoms with van der Waals surface area (Å²) in [5, 5.41) is 3.06. The maximum atomic E-state index is 12.7. The van der Waals surface area contributed by atoms with Gasteiger partial charge in [-0.25, -0.2) is 4.98 Å². The molecule has 2 N–H and O–H groups in total. The van der Waals surface area contributed by atoms with E-state index in [-0.39, 0.29) is 11.3 Å². The van der Waals surface area contributed by atoms with E-state index in [0.717, 1.165) is 49.7 Å². The molecule has 1 aliphatic rings. The first-order valence-corrected chi connectivity index (χ1v) is 9.03. The second-order valence-corrected chi connectivity index (χ2v) is 7.40. The monoisotopic (exact) mass is 340 g/mol. The predicted molar refractivity (Wildman–Crippen MR) is 99.0 cm³/mol. The standard InChI is InChI=1S/C20H28N4O/c1-15-16(2)23-18(22-15)13-21-19(25)20(3)9-11-24(12-10-20)14-17-7-5-4-6-8-17/h4-8H,9-14H2,1-3H3,(H,21,25)(H,22,23). The van der Waals surface area contributed by atoms with Gasteiger partial charge in [-0.2, -0.15) is 0 Å². The van der Waals surface area contributed by atoms with Crippen molar-refractivity contribution in [3.63, 3.8) is 0 Å². The second-order valence-electron chi connectivity index (χ2n) is 7.40. The summed E-state index contributed by atoms with van der Waals surface area (Å²) in [4.78, 5) is 22.8. The van der Waals surface area contributed by atoms with E-state index in [1.54, 1.807) is 0 Å². The smallest absolute Gasteiger partial charge is 0.226 e. The highest BCUT2D eigenvalue weighted by Gasteiger charge is 2.36. The molecule has 0 spiro atoms. The predicted octanol–water partition coefficient (Wildman–Crippen LogP) is 2.95. The number of likely N-dealkylation sites (tertiary alicyclic amines) is 1. The van der Waals surface area contributed by atoms with Crippen LogP contribution in [0.4, 0.5) is 0 Å². The van der Waals surface area contributed by atoms with Crippen molar-refractivity contribution < 1.29 is 4.79 Å². The van der Waals surface area contributed by atoms with Gasteiger partial charge >= 0.3 is 0 Å². The van der Waals surface area contributed by atoms with Crippen LogP contribution < -0.4 is 5.32 Å². The summed E-state index contributed by atoms with van der Waals surface area (Å²) in [6.07, 6.45) is 1.78. The Kier molecular flexibility index (Phi) is 5.23. The third-order valence-corrected chi connectivity index (χ3v) is 5.35. The topological polar surface area (TPSA) is 61.0 Å². The van der Waals surface area contributed by atoms with Gasteiger partial charge in [0, 0.05) is 17.7 Å². The van der Waals surface area contributed by atoms with Gasteiger partial charge in [-0.1, -0.05) is 37.3 Å². The van der Waals surface area contributed by atoms with E-state index in [0.29, 0.717) is 6.54 Å². The number of amides is 1. The molecule has 0 atom stereocenters. The lowest BCUT2D eigenvalue weighted by molar-refractivity contribution is -0.133. The van der Waals surface area contributed by atoms with Gasteiger partial charge in [0.1, 0.15) is 5.82 Å². The SMILES string of the molecule is Cc1nc(CNC(=O)C2(C)CCN(Cc3ccccc3)CC2)[nH]c1C. The quantitative estimate of drug-likeness (QED) is 0.880. The lowest BCUT2D eigenvalue weighted by Gasteiger charge is -2.38. The van der Waals surface area contributed by atoms with E-state index in [9.17, 15) is 4.79 Å². The van der Waals surface area contributed by atoms with Gasteiger partial charge in [0.25, 0.3) is 0 Å². The number of imidazole rings is 1. The van der Waals surface area contributed by atoms with Crippen LogP contribution in [-0.4, -0.2) is 33.9 Å². The molecule has 2 heterocycles. The summed E-state index contributed by atoms with van der Waals surface area (Å²) in [5.41, 5.74) is 3.10. The molecular weight excluding hydrogens is 312 g/mol. The normalized spacial score (nSPS) is 17.4. The fourth-order valence-corrected chi connectivity index (χ4v) is 3.36. The molecule has 0 bridgehead atoms. The maximum absolute atomic E-state index is 12.7. The number of H-pyrrole nitrogens is 1. The first-order chi connectivity index (χ1) is 12.0. The van der Waals surface area contributed by atoms with E-state index in [4.69, 9.17) is 0 Å². The van der Waals surface area contributed by atoms with Crippen LogP contribution in [-0.2, 0) is 17.9 Å². The third-order valence-electron chi connectivity index (χ3n) is 5.35. The highest BCUT2D eigenvalue weighted by molar-refractivity contribution is 5.82. The zero-order valence-corrected chi connectivity index (χ0v) is 15.4. The van der Waals surface area contributed by atoms with Crippen LogP contribution in [0.15, 0.2) is 30.3 Å². The zero-order valence-electron chi connectivity index (χ0n) is 15.4. The van der Waals surface area contributed by atoms with Crippen LogP contribution in [0, 0.1) is 19.3 Å². The summed E-state index contributed by atoms with van der Waals surface area (Å²) in [6, 6.07) is 10.5. The third kappa shape index (κ3) is 4.28. The molecule has 3 rings (SSSR count). The minimum atomic E-state index is -0.288. The summed E-state index contributed by atoms with van der Waals surface area (Å²) in [6.45, 7) is 9.40. The molecule has 0 radical (unpaired) electrons. The van der Waals surface area contributed by atoms with E-state index in [1.165, 1.54) is 5.56 Å². The number of aromatic nitrogens is 2. The van der Waals surface area contributed by atoms with Crippen molar-refractivity contribution in [3.05, 3.63) is 53.1 Å². The summed E-state index contributed by atoms with van der Waals surface area (Å²) in [5.74, 6) is 0.965. The van der Waals surface area contributed by atoms with Gasteiger partial charge in [0.2, 0.25) is 5.91 Å². The maximum Gasteiger partial charge on any atom is 0.226 e. The molecule has 1 fully saturated rings. The largest absolute Gasteiger partial charge is 0.348 e. The number of rotatable bonds is 5. The summed E-state index contributed by atoms with van der Waals surface area (Å²) < 4.78 is 0. The Morgan fingerprint density at radius 1 is 1.24 bits per heavy atom. The van der Waals surface area contributed by atoms with Gasteiger partial charge < -0.3 is 10.3 Å². The number of carbonyl (C=O) groups excluding carboxylic acids is 1. The van der Waals surface area contributed by atoms with E-state index < -0.39 is 0 Å². The molecule has 2 aromatic rings. The second kappa shape index (κ2) is 7.40. The molecule has 0 saturated carbocycles. The number of nitrogens with one attached hydrogen (secondary N) is 2. The number of nitrogens with zero attached hydrogens (tertiary/aromatic N) is 2. The van der Waals surface area contributed by atoms with Gasteiger partial charge in [-0.15, -0.1) is 0 Å². The molecule has 1 aromatic carbocycles. The zero-order chi connectivity index (χ0) is 17.9. The van der Waals surface area contributed by atoms with Crippen LogP contribution in [0.3, 0.4) is 0 Å². The van der Waals surface area contributed by atoms with Crippen molar-refractivity contribution in [1.82, 2.24) is 20.2 Å². The lowest BCUT2D eigenvalue weighted by Crippen LogP contribution is -2.46. The fourth-order valence-electron chi connectivity index (χ4n) is 3.36. The molecule has 5 nitrogen and oxygen atoms in total. The van der Waals surface area contributed by atoms with Crippen molar-refractivity contribution >= 4 is 5.91 Å². The van der Waals surface area contributed by atoms with Crippen LogP contribution in [0.5, 0.6) is 0 Å². The summed E-state index contributed by atoms with van der Waals surface area (Å²) in [7, 11) is 0. The Morgan fingerprint density at radius 2 is 1.92 bits per heavy atom. The highest BCUT2D eigenvalue weighted by Crippen LogP contribution is 2.31. The fraction of sp³-hybridized carbons (Fsp3) is 0.500. The van der Waals surface area contributed by atoms with Crippen molar-refractivity contribution in [2.45, 2.75) is 46.7 Å². The number of hydrogen-bond donors (Lipinski definition) is 2. The average molecular weight is 340 g/mol. The minimum Gasteiger partial charge on any atom is -0.348 e. The Bertz CT molecular complexity index is 695. The Balaban J connectivity index is 1.50. The van der Waals surface area contributed by atoms with Gasteiger partial charge in [-0.3, -0.25) is 9.69 Å². The van der Waals surface area contributed by atoms with Crippen LogP contribution in [0.1, 0.15) is 42.5 Å². The van der Waals surface area contributed by atoms with Gasteiger partial charge in [-0.05, 0) is 45.3 Å². The molecule has 0 aliphatic carbocycles. The van der Waals surface area contributed by atoms with Gasteiger partial charge in [0.05, 0.1) is 12.2 Å².